The van der Waals surface area contributed by atoms with Crippen molar-refractivity contribution in [3.8, 4) is 0 Å². The van der Waals surface area contributed by atoms with E-state index >= 15 is 0 Å². The van der Waals surface area contributed by atoms with Gasteiger partial charge >= 0.3 is 19.7 Å². The van der Waals surface area contributed by atoms with E-state index in [9.17, 15) is 18.9 Å². The van der Waals surface area contributed by atoms with Crippen molar-refractivity contribution in [2.24, 2.45) is 0 Å². The van der Waals surface area contributed by atoms with Crippen LogP contribution in [0.3, 0.4) is 0 Å². The fourth-order valence-corrected chi connectivity index (χ4v) is 5.86. The number of ketones is 1. The Balaban J connectivity index is 5.54. The van der Waals surface area contributed by atoms with E-state index in [-0.39, 0.29) is 62.1 Å². The van der Waals surface area contributed by atoms with E-state index in [0.29, 0.717) is 6.61 Å². The number of thiocarbonyl (C=S) groups is 1. The van der Waals surface area contributed by atoms with Gasteiger partial charge in [0.05, 0.1) is 26.4 Å². The molecule has 0 fully saturated rings. The lowest BCUT2D eigenvalue weighted by atomic mass is 10.2. The standard InChI is InChI=1S/C22H40NO9PS2/c1-8-28-19(25)15-23(20(26)32-22(5,6)7)14-18(35-21(34)29-9-2)13-12-17(24)16-33(27,30-10-3)31-11-4/h18H,8-16H2,1-7H3. The van der Waals surface area contributed by atoms with E-state index in [2.05, 4.69) is 0 Å². The molecule has 13 heteroatoms. The van der Waals surface area contributed by atoms with Crippen LogP contribution in [0.1, 0.15) is 61.3 Å². The van der Waals surface area contributed by atoms with Crippen LogP contribution in [0, 0.1) is 0 Å². The summed E-state index contributed by atoms with van der Waals surface area (Å²) in [5, 5.41) is -0.404. The molecule has 0 heterocycles. The second kappa shape index (κ2) is 17.3. The number of nitrogens with zero attached hydrogens (tertiary/aromatic N) is 1. The number of Topliss-reactive ketones (excluding diaryl/α,β-unsaturated/α-hetero) is 1. The zero-order valence-electron chi connectivity index (χ0n) is 21.8. The summed E-state index contributed by atoms with van der Waals surface area (Å²) in [4.78, 5) is 38.8. The van der Waals surface area contributed by atoms with Gasteiger partial charge in [0.2, 0.25) is 4.38 Å². The maximum Gasteiger partial charge on any atom is 0.410 e. The summed E-state index contributed by atoms with van der Waals surface area (Å²) in [6.07, 6.45) is -0.725. The number of thioether (sulfide) groups is 1. The number of hydrogen-bond donors (Lipinski definition) is 0. The molecule has 0 N–H and O–H groups in total. The number of carbonyl (C=O) groups is 3. The first kappa shape index (κ1) is 33.8. The lowest BCUT2D eigenvalue weighted by Crippen LogP contribution is -2.43. The number of amides is 1. The number of ether oxygens (including phenoxy) is 3. The molecule has 1 atom stereocenters. The molecular weight excluding hydrogens is 517 g/mol. The highest BCUT2D eigenvalue weighted by molar-refractivity contribution is 8.23. The first-order chi connectivity index (χ1) is 16.3. The lowest BCUT2D eigenvalue weighted by Gasteiger charge is -2.29. The SMILES string of the molecule is CCOC(=O)CN(CC(CCC(=O)CP(=O)(OCC)OCC)SC(=S)OCC)C(=O)OC(C)(C)C. The second-order valence-electron chi connectivity index (χ2n) is 8.27. The van der Waals surface area contributed by atoms with Crippen molar-refractivity contribution in [1.82, 2.24) is 4.90 Å². The fraction of sp³-hybridized carbons (Fsp3) is 0.818. The Morgan fingerprint density at radius 1 is 0.971 bits per heavy atom. The van der Waals surface area contributed by atoms with Crippen LogP contribution in [0.25, 0.3) is 0 Å². The second-order valence-corrected chi connectivity index (χ2v) is 12.2. The molecule has 0 saturated carbocycles. The fourth-order valence-electron chi connectivity index (χ4n) is 2.75. The number of hydrogen-bond acceptors (Lipinski definition) is 11. The summed E-state index contributed by atoms with van der Waals surface area (Å²) in [5.41, 5.74) is -0.775. The van der Waals surface area contributed by atoms with Crippen molar-refractivity contribution in [3.05, 3.63) is 0 Å². The van der Waals surface area contributed by atoms with Crippen LogP contribution in [-0.4, -0.2) is 83.7 Å². The van der Waals surface area contributed by atoms with Crippen LogP contribution in [0.2, 0.25) is 0 Å². The van der Waals surface area contributed by atoms with E-state index in [1.807, 2.05) is 0 Å². The van der Waals surface area contributed by atoms with Gasteiger partial charge < -0.3 is 23.3 Å². The largest absolute Gasteiger partial charge is 0.479 e. The van der Waals surface area contributed by atoms with Crippen LogP contribution >= 0.6 is 31.6 Å². The molecule has 10 nitrogen and oxygen atoms in total. The zero-order chi connectivity index (χ0) is 27.1. The Labute approximate surface area is 218 Å². The third kappa shape index (κ3) is 16.2. The highest BCUT2D eigenvalue weighted by Crippen LogP contribution is 2.48. The van der Waals surface area contributed by atoms with Crippen LogP contribution in [0.5, 0.6) is 0 Å². The molecular formula is C22H40NO9PS2. The van der Waals surface area contributed by atoms with Gasteiger partial charge in [-0.15, -0.1) is 0 Å². The summed E-state index contributed by atoms with van der Waals surface area (Å²) >= 11 is 6.42. The van der Waals surface area contributed by atoms with Gasteiger partial charge in [0.15, 0.2) is 0 Å². The molecule has 0 aromatic rings. The Morgan fingerprint density at radius 2 is 1.54 bits per heavy atom. The van der Waals surface area contributed by atoms with Gasteiger partial charge in [-0.2, -0.15) is 0 Å². The molecule has 0 aliphatic heterocycles. The van der Waals surface area contributed by atoms with Crippen LogP contribution in [0.4, 0.5) is 4.79 Å². The van der Waals surface area contributed by atoms with Gasteiger partial charge in [-0.3, -0.25) is 19.1 Å². The monoisotopic (exact) mass is 557 g/mol. The van der Waals surface area contributed by atoms with Gasteiger partial charge in [0.25, 0.3) is 0 Å². The van der Waals surface area contributed by atoms with E-state index in [1.165, 1.54) is 16.7 Å². The third-order valence-corrected chi connectivity index (χ3v) is 7.47. The van der Waals surface area contributed by atoms with Gasteiger partial charge in [-0.05, 0) is 67.1 Å². The Morgan fingerprint density at radius 3 is 2.03 bits per heavy atom. The van der Waals surface area contributed by atoms with Crippen LogP contribution in [-0.2, 0) is 37.4 Å². The zero-order valence-corrected chi connectivity index (χ0v) is 24.4. The minimum atomic E-state index is -3.52. The van der Waals surface area contributed by atoms with Gasteiger partial charge in [0, 0.05) is 18.2 Å². The predicted molar refractivity (Wildman–Crippen MR) is 140 cm³/mol. The summed E-state index contributed by atoms with van der Waals surface area (Å²) in [5.74, 6) is -0.891. The molecule has 0 aromatic carbocycles. The van der Waals surface area contributed by atoms with Gasteiger partial charge in [-0.1, -0.05) is 11.8 Å². The number of rotatable bonds is 16. The Kier molecular flexibility index (Phi) is 16.7. The third-order valence-electron chi connectivity index (χ3n) is 3.99. The summed E-state index contributed by atoms with van der Waals surface area (Å²) in [6, 6.07) is 0. The molecule has 1 amide bonds. The van der Waals surface area contributed by atoms with E-state index in [0.717, 1.165) is 0 Å². The molecule has 0 saturated heterocycles. The predicted octanol–water partition coefficient (Wildman–Crippen LogP) is 4.83. The van der Waals surface area contributed by atoms with Crippen molar-refractivity contribution in [2.45, 2.75) is 72.2 Å². The molecule has 35 heavy (non-hydrogen) atoms. The molecule has 0 aliphatic rings. The molecule has 204 valence electrons. The lowest BCUT2D eigenvalue weighted by molar-refractivity contribution is -0.144. The molecule has 0 radical (unpaired) electrons. The average molecular weight is 558 g/mol. The first-order valence-electron chi connectivity index (χ1n) is 11.7. The van der Waals surface area contributed by atoms with Gasteiger partial charge in [-0.25, -0.2) is 4.79 Å². The quantitative estimate of drug-likeness (QED) is 0.148. The van der Waals surface area contributed by atoms with Gasteiger partial charge in [0.1, 0.15) is 24.1 Å². The minimum absolute atomic E-state index is 0.0398. The molecule has 0 rings (SSSR count). The molecule has 1 unspecified atom stereocenters. The van der Waals surface area contributed by atoms with Crippen molar-refractivity contribution in [1.29, 1.82) is 0 Å². The molecule has 0 aromatic heterocycles. The average Bonchev–Trinajstić information content (AvgIpc) is 2.70. The normalized spacial score (nSPS) is 12.5. The van der Waals surface area contributed by atoms with E-state index in [4.69, 9.17) is 35.5 Å². The number of esters is 1. The maximum absolute atomic E-state index is 12.8. The van der Waals surface area contributed by atoms with Crippen LogP contribution in [0.15, 0.2) is 0 Å². The summed E-state index contributed by atoms with van der Waals surface area (Å²) in [7, 11) is -3.52. The summed E-state index contributed by atoms with van der Waals surface area (Å²) in [6.45, 7) is 12.5. The van der Waals surface area contributed by atoms with E-state index < -0.39 is 30.5 Å². The van der Waals surface area contributed by atoms with Crippen molar-refractivity contribution < 1.29 is 42.2 Å². The maximum atomic E-state index is 12.8. The Bertz CT molecular complexity index is 733. The number of carbonyl (C=O) groups excluding carboxylic acids is 3. The smallest absolute Gasteiger partial charge is 0.410 e. The van der Waals surface area contributed by atoms with Crippen LogP contribution < -0.4 is 0 Å². The first-order valence-corrected chi connectivity index (χ1v) is 14.7. The highest BCUT2D eigenvalue weighted by atomic mass is 32.2. The van der Waals surface area contributed by atoms with Crippen molar-refractivity contribution in [3.63, 3.8) is 0 Å². The van der Waals surface area contributed by atoms with Crippen molar-refractivity contribution in [2.75, 3.05) is 45.7 Å². The highest BCUT2D eigenvalue weighted by Gasteiger charge is 2.30. The molecule has 0 spiro atoms. The topological polar surface area (TPSA) is 118 Å². The van der Waals surface area contributed by atoms with E-state index in [1.54, 1.807) is 48.5 Å². The van der Waals surface area contributed by atoms with Crippen molar-refractivity contribution >= 4 is 53.8 Å². The minimum Gasteiger partial charge on any atom is -0.479 e. The summed E-state index contributed by atoms with van der Waals surface area (Å²) < 4.78 is 39.1. The molecule has 0 aliphatic carbocycles. The Hall–Kier alpha value is -1.20. The molecule has 0 bridgehead atoms.